The Labute approximate surface area is 124 Å². The van der Waals surface area contributed by atoms with E-state index in [1.54, 1.807) is 11.8 Å². The van der Waals surface area contributed by atoms with Crippen LogP contribution in [0.15, 0.2) is 29.2 Å². The highest BCUT2D eigenvalue weighted by atomic mass is 32.2. The summed E-state index contributed by atoms with van der Waals surface area (Å²) in [5.41, 5.74) is 0.917. The molecule has 2 N–H and O–H groups in total. The summed E-state index contributed by atoms with van der Waals surface area (Å²) in [7, 11) is 0. The van der Waals surface area contributed by atoms with Crippen LogP contribution in [0.5, 0.6) is 0 Å². The Bertz CT molecular complexity index is 477. The van der Waals surface area contributed by atoms with Crippen molar-refractivity contribution in [2.75, 3.05) is 37.4 Å². The minimum absolute atomic E-state index is 0.0388. The third kappa shape index (κ3) is 3.66. The van der Waals surface area contributed by atoms with Crippen LogP contribution in [-0.4, -0.2) is 37.2 Å². The maximum Gasteiger partial charge on any atom is 0.0661 e. The normalized spacial score (nSPS) is 17.9. The second-order valence-electron chi connectivity index (χ2n) is 5.34. The number of aliphatic hydroxyl groups excluding tert-OH is 1. The van der Waals surface area contributed by atoms with E-state index in [0.717, 1.165) is 16.3 Å². The topological polar surface area (TPSA) is 65.3 Å². The zero-order valence-electron chi connectivity index (χ0n) is 11.6. The van der Waals surface area contributed by atoms with E-state index in [1.165, 1.54) is 0 Å². The number of anilines is 1. The molecule has 0 saturated carbocycles. The summed E-state index contributed by atoms with van der Waals surface area (Å²) in [5, 5.41) is 21.7. The number of aliphatic hydroxyl groups is 1. The van der Waals surface area contributed by atoms with Gasteiger partial charge in [0.15, 0.2) is 0 Å². The lowest BCUT2D eigenvalue weighted by atomic mass is 9.87. The molecular weight excluding hydrogens is 272 g/mol. The van der Waals surface area contributed by atoms with Crippen molar-refractivity contribution in [2.45, 2.75) is 11.8 Å². The molecule has 2 rings (SSSR count). The Morgan fingerprint density at radius 3 is 2.85 bits per heavy atom. The molecule has 1 aromatic rings. The zero-order valence-corrected chi connectivity index (χ0v) is 12.4. The van der Waals surface area contributed by atoms with Gasteiger partial charge in [-0.15, -0.1) is 11.8 Å². The number of para-hydroxylation sites is 1. The molecule has 0 spiro atoms. The third-order valence-corrected chi connectivity index (χ3v) is 4.74. The zero-order chi connectivity index (χ0) is 14.4. The lowest BCUT2D eigenvalue weighted by Crippen LogP contribution is -2.50. The number of nitriles is 1. The van der Waals surface area contributed by atoms with Gasteiger partial charge in [0.05, 0.1) is 37.2 Å². The molecule has 1 aliphatic heterocycles. The highest BCUT2D eigenvalue weighted by Gasteiger charge is 2.37. The van der Waals surface area contributed by atoms with E-state index in [4.69, 9.17) is 10.00 Å². The fourth-order valence-electron chi connectivity index (χ4n) is 1.91. The van der Waals surface area contributed by atoms with Crippen LogP contribution in [0.2, 0.25) is 0 Å². The van der Waals surface area contributed by atoms with Crippen molar-refractivity contribution in [3.05, 3.63) is 24.3 Å². The first-order valence-corrected chi connectivity index (χ1v) is 7.71. The van der Waals surface area contributed by atoms with E-state index in [2.05, 4.69) is 17.5 Å². The lowest BCUT2D eigenvalue weighted by Gasteiger charge is -2.40. The molecule has 1 atom stereocenters. The minimum atomic E-state index is -0.141. The van der Waals surface area contributed by atoms with Crippen molar-refractivity contribution >= 4 is 17.4 Å². The fourth-order valence-corrected chi connectivity index (χ4v) is 2.89. The quantitative estimate of drug-likeness (QED) is 0.755. The standard InChI is InChI=1S/C15H20N2O2S/c1-12(6-16)7-20-14-5-3-2-4-13(14)17-8-15(9-18)10-19-11-15/h2-5,12,17-18H,7-11H2,1H3. The molecular formula is C15H20N2O2S. The molecule has 4 nitrogen and oxygen atoms in total. The highest BCUT2D eigenvalue weighted by Crippen LogP contribution is 2.31. The summed E-state index contributed by atoms with van der Waals surface area (Å²) >= 11 is 1.68. The van der Waals surface area contributed by atoms with Crippen LogP contribution in [0.1, 0.15) is 6.92 Å². The molecule has 1 heterocycles. The van der Waals surface area contributed by atoms with Gasteiger partial charge in [0.25, 0.3) is 0 Å². The van der Waals surface area contributed by atoms with E-state index >= 15 is 0 Å². The second-order valence-corrected chi connectivity index (χ2v) is 6.40. The van der Waals surface area contributed by atoms with Crippen LogP contribution >= 0.6 is 11.8 Å². The SMILES string of the molecule is CC(C#N)CSc1ccccc1NCC1(CO)COC1. The number of hydrogen-bond acceptors (Lipinski definition) is 5. The maximum atomic E-state index is 9.43. The molecule has 0 bridgehead atoms. The molecule has 0 radical (unpaired) electrons. The molecule has 0 aliphatic carbocycles. The number of nitrogens with zero attached hydrogens (tertiary/aromatic N) is 1. The summed E-state index contributed by atoms with van der Waals surface area (Å²) in [6.45, 7) is 3.99. The van der Waals surface area contributed by atoms with Gasteiger partial charge in [0.1, 0.15) is 0 Å². The Kier molecular flexibility index (Phi) is 5.30. The van der Waals surface area contributed by atoms with Crippen molar-refractivity contribution < 1.29 is 9.84 Å². The molecule has 108 valence electrons. The van der Waals surface area contributed by atoms with Crippen molar-refractivity contribution in [2.24, 2.45) is 11.3 Å². The average Bonchev–Trinajstić information content (AvgIpc) is 2.45. The van der Waals surface area contributed by atoms with Gasteiger partial charge in [-0.25, -0.2) is 0 Å². The second kappa shape index (κ2) is 6.98. The van der Waals surface area contributed by atoms with Gasteiger partial charge in [-0.3, -0.25) is 0 Å². The van der Waals surface area contributed by atoms with Crippen LogP contribution in [0.4, 0.5) is 5.69 Å². The van der Waals surface area contributed by atoms with Gasteiger partial charge in [0.2, 0.25) is 0 Å². The van der Waals surface area contributed by atoms with Crippen molar-refractivity contribution in [1.82, 2.24) is 0 Å². The van der Waals surface area contributed by atoms with E-state index in [0.29, 0.717) is 19.8 Å². The number of thioether (sulfide) groups is 1. The van der Waals surface area contributed by atoms with Crippen LogP contribution in [-0.2, 0) is 4.74 Å². The molecule has 1 fully saturated rings. The molecule has 5 heteroatoms. The predicted octanol–water partition coefficient (Wildman–Crippen LogP) is 2.36. The Morgan fingerprint density at radius 2 is 2.25 bits per heavy atom. The van der Waals surface area contributed by atoms with Gasteiger partial charge in [-0.2, -0.15) is 5.26 Å². The first kappa shape index (κ1) is 15.2. The lowest BCUT2D eigenvalue weighted by molar-refractivity contribution is -0.128. The summed E-state index contributed by atoms with van der Waals surface area (Å²) < 4.78 is 5.20. The van der Waals surface area contributed by atoms with Crippen LogP contribution < -0.4 is 5.32 Å². The van der Waals surface area contributed by atoms with Gasteiger partial charge >= 0.3 is 0 Å². The monoisotopic (exact) mass is 292 g/mol. The Hall–Kier alpha value is -1.22. The van der Waals surface area contributed by atoms with Crippen molar-refractivity contribution in [3.8, 4) is 6.07 Å². The van der Waals surface area contributed by atoms with Gasteiger partial charge in [-0.05, 0) is 19.1 Å². The summed E-state index contributed by atoms with van der Waals surface area (Å²) in [6, 6.07) is 10.3. The van der Waals surface area contributed by atoms with Crippen LogP contribution in [0.25, 0.3) is 0 Å². The Balaban J connectivity index is 1.95. The van der Waals surface area contributed by atoms with Gasteiger partial charge in [0, 0.05) is 22.9 Å². The predicted molar refractivity (Wildman–Crippen MR) is 80.8 cm³/mol. The van der Waals surface area contributed by atoms with E-state index in [1.807, 2.05) is 25.1 Å². The first-order valence-electron chi connectivity index (χ1n) is 6.73. The minimum Gasteiger partial charge on any atom is -0.396 e. The summed E-state index contributed by atoms with van der Waals surface area (Å²) in [6.07, 6.45) is 0. The number of ether oxygens (including phenoxy) is 1. The van der Waals surface area contributed by atoms with Crippen molar-refractivity contribution in [1.29, 1.82) is 5.26 Å². The van der Waals surface area contributed by atoms with Gasteiger partial charge < -0.3 is 15.2 Å². The number of rotatable bonds is 7. The fraction of sp³-hybridized carbons (Fsp3) is 0.533. The van der Waals surface area contributed by atoms with Crippen LogP contribution in [0, 0.1) is 22.7 Å². The third-order valence-electron chi connectivity index (χ3n) is 3.40. The smallest absolute Gasteiger partial charge is 0.0661 e. The van der Waals surface area contributed by atoms with Gasteiger partial charge in [-0.1, -0.05) is 12.1 Å². The molecule has 1 unspecified atom stereocenters. The molecule has 0 aromatic heterocycles. The summed E-state index contributed by atoms with van der Waals surface area (Å²) in [4.78, 5) is 1.14. The molecule has 20 heavy (non-hydrogen) atoms. The molecule has 1 aliphatic rings. The molecule has 1 saturated heterocycles. The van der Waals surface area contributed by atoms with E-state index < -0.39 is 0 Å². The highest BCUT2D eigenvalue weighted by molar-refractivity contribution is 7.99. The van der Waals surface area contributed by atoms with E-state index in [-0.39, 0.29) is 17.9 Å². The number of benzene rings is 1. The Morgan fingerprint density at radius 1 is 1.50 bits per heavy atom. The van der Waals surface area contributed by atoms with E-state index in [9.17, 15) is 5.11 Å². The molecule has 1 aromatic carbocycles. The van der Waals surface area contributed by atoms with Crippen LogP contribution in [0.3, 0.4) is 0 Å². The largest absolute Gasteiger partial charge is 0.396 e. The van der Waals surface area contributed by atoms with Crippen molar-refractivity contribution in [3.63, 3.8) is 0 Å². The number of nitrogens with one attached hydrogen (secondary N) is 1. The maximum absolute atomic E-state index is 9.43. The number of hydrogen-bond donors (Lipinski definition) is 2. The summed E-state index contributed by atoms with van der Waals surface area (Å²) in [5.74, 6) is 0.820. The molecule has 0 amide bonds. The first-order chi connectivity index (χ1) is 9.69. The average molecular weight is 292 g/mol.